The smallest absolute Gasteiger partial charge is 0.269 e. The van der Waals surface area contributed by atoms with Crippen molar-refractivity contribution in [2.75, 3.05) is 5.43 Å². The summed E-state index contributed by atoms with van der Waals surface area (Å²) in [6, 6.07) is 7.44. The topological polar surface area (TPSA) is 88.4 Å². The highest BCUT2D eigenvalue weighted by Crippen LogP contribution is 2.14. The molecule has 0 radical (unpaired) electrons. The Hall–Kier alpha value is -2.60. The lowest BCUT2D eigenvalue weighted by atomic mass is 10.2. The van der Waals surface area contributed by atoms with E-state index < -0.39 is 17.1 Å². The van der Waals surface area contributed by atoms with Crippen LogP contribution in [0, 0.1) is 6.92 Å². The molecule has 1 aromatic carbocycles. The Kier molecular flexibility index (Phi) is 4.62. The summed E-state index contributed by atoms with van der Waals surface area (Å²) in [5.74, 6) is -0.703. The molecule has 0 fully saturated rings. The summed E-state index contributed by atoms with van der Waals surface area (Å²) in [4.78, 5) is 35.3. The lowest BCUT2D eigenvalue weighted by Crippen LogP contribution is -2.31. The van der Waals surface area contributed by atoms with E-state index in [-0.39, 0.29) is 11.4 Å². The summed E-state index contributed by atoms with van der Waals surface area (Å²) in [7, 11) is 0. The van der Waals surface area contributed by atoms with Crippen molar-refractivity contribution in [3.8, 4) is 0 Å². The van der Waals surface area contributed by atoms with Gasteiger partial charge in [-0.2, -0.15) is 0 Å². The number of halogens is 1. The summed E-state index contributed by atoms with van der Waals surface area (Å²) in [6.45, 7) is 2.81. The number of aryl methyl sites for hydroxylation is 1. The highest BCUT2D eigenvalue weighted by atomic mass is 35.5. The van der Waals surface area contributed by atoms with Gasteiger partial charge in [-0.05, 0) is 38.1 Å². The van der Waals surface area contributed by atoms with Crippen molar-refractivity contribution >= 4 is 29.2 Å². The zero-order chi connectivity index (χ0) is 16.3. The molecule has 0 aliphatic rings. The van der Waals surface area contributed by atoms with Gasteiger partial charge < -0.3 is 4.42 Å². The summed E-state index contributed by atoms with van der Waals surface area (Å²) in [6.07, 6.45) is 0. The molecule has 6 nitrogen and oxygen atoms in total. The van der Waals surface area contributed by atoms with Crippen LogP contribution in [-0.4, -0.2) is 11.7 Å². The van der Waals surface area contributed by atoms with Crippen LogP contribution in [0.1, 0.15) is 33.4 Å². The second-order valence-corrected chi connectivity index (χ2v) is 5.00. The number of carbonyl (C=O) groups is 2. The minimum Gasteiger partial charge on any atom is -0.443 e. The SMILES string of the molecule is CC(=O)c1c(NNC(=O)c2ccc(Cl)cc2)oc(C)cc1=O. The predicted molar refractivity (Wildman–Crippen MR) is 82.3 cm³/mol. The third kappa shape index (κ3) is 3.53. The number of carbonyl (C=O) groups excluding carboxylic acids is 2. The number of hydrogen-bond acceptors (Lipinski definition) is 5. The largest absolute Gasteiger partial charge is 0.443 e. The number of amides is 1. The van der Waals surface area contributed by atoms with Crippen molar-refractivity contribution in [3.05, 3.63) is 62.5 Å². The number of ketones is 1. The van der Waals surface area contributed by atoms with Gasteiger partial charge in [-0.15, -0.1) is 0 Å². The number of rotatable bonds is 4. The molecular formula is C15H13ClN2O4. The van der Waals surface area contributed by atoms with E-state index in [4.69, 9.17) is 16.0 Å². The van der Waals surface area contributed by atoms with Crippen LogP contribution in [0.15, 0.2) is 39.5 Å². The molecule has 0 bridgehead atoms. The molecule has 22 heavy (non-hydrogen) atoms. The average Bonchev–Trinajstić information content (AvgIpc) is 2.44. The second-order valence-electron chi connectivity index (χ2n) is 4.57. The normalized spacial score (nSPS) is 10.1. The van der Waals surface area contributed by atoms with Gasteiger partial charge in [0.1, 0.15) is 11.3 Å². The van der Waals surface area contributed by atoms with E-state index in [1.165, 1.54) is 25.1 Å². The van der Waals surface area contributed by atoms with Crippen LogP contribution >= 0.6 is 11.6 Å². The van der Waals surface area contributed by atoms with Crippen LogP contribution in [0.2, 0.25) is 5.02 Å². The van der Waals surface area contributed by atoms with Crippen LogP contribution in [-0.2, 0) is 0 Å². The molecule has 114 valence electrons. The molecule has 7 heteroatoms. The van der Waals surface area contributed by atoms with E-state index in [2.05, 4.69) is 10.9 Å². The first-order valence-electron chi connectivity index (χ1n) is 6.36. The van der Waals surface area contributed by atoms with E-state index in [9.17, 15) is 14.4 Å². The lowest BCUT2D eigenvalue weighted by Gasteiger charge is -2.10. The highest BCUT2D eigenvalue weighted by molar-refractivity contribution is 6.30. The average molecular weight is 321 g/mol. The standard InChI is InChI=1S/C15H13ClN2O4/c1-8-7-12(20)13(9(2)19)15(22-8)18-17-14(21)10-3-5-11(16)6-4-10/h3-7,18H,1-2H3,(H,17,21). The monoisotopic (exact) mass is 320 g/mol. The van der Waals surface area contributed by atoms with Crippen molar-refractivity contribution in [3.63, 3.8) is 0 Å². The first kappa shape index (κ1) is 15.8. The van der Waals surface area contributed by atoms with Gasteiger partial charge in [-0.25, -0.2) is 0 Å². The molecule has 0 atom stereocenters. The van der Waals surface area contributed by atoms with Crippen molar-refractivity contribution in [2.45, 2.75) is 13.8 Å². The van der Waals surface area contributed by atoms with Crippen molar-refractivity contribution in [1.82, 2.24) is 5.43 Å². The minimum atomic E-state index is -0.473. The Balaban J connectivity index is 2.21. The minimum absolute atomic E-state index is 0.0974. The van der Waals surface area contributed by atoms with Crippen LogP contribution in [0.25, 0.3) is 0 Å². The molecule has 0 saturated carbocycles. The summed E-state index contributed by atoms with van der Waals surface area (Å²) in [5, 5.41) is 0.507. The molecule has 2 rings (SSSR count). The highest BCUT2D eigenvalue weighted by Gasteiger charge is 2.16. The first-order valence-corrected chi connectivity index (χ1v) is 6.74. The Labute approximate surface area is 131 Å². The number of anilines is 1. The fourth-order valence-corrected chi connectivity index (χ4v) is 1.94. The van der Waals surface area contributed by atoms with Gasteiger partial charge in [0.05, 0.1) is 0 Å². The van der Waals surface area contributed by atoms with E-state index in [0.29, 0.717) is 16.3 Å². The number of benzene rings is 1. The predicted octanol–water partition coefficient (Wildman–Crippen LogP) is 2.56. The van der Waals surface area contributed by atoms with Crippen molar-refractivity contribution < 1.29 is 14.0 Å². The fourth-order valence-electron chi connectivity index (χ4n) is 1.82. The third-order valence-electron chi connectivity index (χ3n) is 2.82. The second kappa shape index (κ2) is 6.44. The van der Waals surface area contributed by atoms with Crippen LogP contribution < -0.4 is 16.3 Å². The van der Waals surface area contributed by atoms with E-state index in [1.807, 2.05) is 0 Å². The van der Waals surface area contributed by atoms with Crippen LogP contribution in [0.5, 0.6) is 0 Å². The quantitative estimate of drug-likeness (QED) is 0.667. The lowest BCUT2D eigenvalue weighted by molar-refractivity contribution is 0.0957. The molecule has 2 aromatic rings. The first-order chi connectivity index (χ1) is 10.4. The van der Waals surface area contributed by atoms with E-state index in [1.54, 1.807) is 19.1 Å². The molecule has 1 amide bonds. The van der Waals surface area contributed by atoms with Gasteiger partial charge in [0.25, 0.3) is 5.91 Å². The van der Waals surface area contributed by atoms with Gasteiger partial charge >= 0.3 is 0 Å². The molecule has 0 spiro atoms. The zero-order valence-electron chi connectivity index (χ0n) is 11.9. The molecule has 1 aromatic heterocycles. The van der Waals surface area contributed by atoms with Crippen LogP contribution in [0.4, 0.5) is 5.88 Å². The molecule has 2 N–H and O–H groups in total. The Morgan fingerprint density at radius 1 is 1.18 bits per heavy atom. The fraction of sp³-hybridized carbons (Fsp3) is 0.133. The number of nitrogens with one attached hydrogen (secondary N) is 2. The molecule has 1 heterocycles. The number of Topliss-reactive ketones (excluding diaryl/α,β-unsaturated/α-hetero) is 1. The molecule has 0 saturated heterocycles. The van der Waals surface area contributed by atoms with Crippen molar-refractivity contribution in [1.29, 1.82) is 0 Å². The van der Waals surface area contributed by atoms with Gasteiger partial charge in [0, 0.05) is 16.7 Å². The summed E-state index contributed by atoms with van der Waals surface area (Å²) < 4.78 is 5.29. The molecule has 0 aliphatic heterocycles. The summed E-state index contributed by atoms with van der Waals surface area (Å²) in [5.41, 5.74) is 4.57. The number of hydrogen-bond donors (Lipinski definition) is 2. The van der Waals surface area contributed by atoms with E-state index in [0.717, 1.165) is 0 Å². The third-order valence-corrected chi connectivity index (χ3v) is 3.07. The Morgan fingerprint density at radius 2 is 1.82 bits per heavy atom. The Morgan fingerprint density at radius 3 is 2.41 bits per heavy atom. The van der Waals surface area contributed by atoms with Gasteiger partial charge in [-0.3, -0.25) is 25.2 Å². The Bertz CT molecular complexity index is 781. The zero-order valence-corrected chi connectivity index (χ0v) is 12.7. The van der Waals surface area contributed by atoms with Crippen LogP contribution in [0.3, 0.4) is 0 Å². The van der Waals surface area contributed by atoms with Gasteiger partial charge in [-0.1, -0.05) is 11.6 Å². The number of hydrazine groups is 1. The van der Waals surface area contributed by atoms with Gasteiger partial charge in [0.2, 0.25) is 5.88 Å². The maximum absolute atomic E-state index is 12.0. The van der Waals surface area contributed by atoms with E-state index >= 15 is 0 Å². The molecule has 0 unspecified atom stereocenters. The van der Waals surface area contributed by atoms with Crippen molar-refractivity contribution in [2.24, 2.45) is 0 Å². The maximum Gasteiger partial charge on any atom is 0.269 e. The maximum atomic E-state index is 12.0. The molecule has 0 aliphatic carbocycles. The summed E-state index contributed by atoms with van der Waals surface area (Å²) >= 11 is 5.75. The molecular weight excluding hydrogens is 308 g/mol. The van der Waals surface area contributed by atoms with Gasteiger partial charge in [0.15, 0.2) is 11.2 Å².